The van der Waals surface area contributed by atoms with E-state index < -0.39 is 53.8 Å². The number of amides is 2. The molecule has 1 aromatic heterocycles. The highest BCUT2D eigenvalue weighted by Crippen LogP contribution is 2.43. The molecule has 0 saturated carbocycles. The zero-order valence-electron chi connectivity index (χ0n) is 31.4. The first kappa shape index (κ1) is 41.6. The third kappa shape index (κ3) is 9.37. The number of carbonyl (C=O) groups excluding carboxylic acids is 2. The number of hydrogen-bond donors (Lipinski definition) is 3. The van der Waals surface area contributed by atoms with Gasteiger partial charge in [0.25, 0.3) is 5.91 Å². The second-order valence-corrected chi connectivity index (χ2v) is 13.1. The Morgan fingerprint density at radius 2 is 1.40 bits per heavy atom. The standard InChI is InChI=1S/C42H41F3N4O9/c1-54-31-18-14-29(15-19-31)41(28-12-7-4-8-13-28,30-16-20-32(55-2)21-17-30)57-26-33-35(50)36(56-25-9-23-46-39(52)42(43,44)45)38(58-33)49-24-22-34(48-40(49)53)47-37(51)27-10-5-3-6-11-27/h3-8,10-22,24,33,35-36,38,50H,9,23,25-26H2,1-2H3,(H,46,52)(H,47,48,51,53)/t33-,35+,36?,38-/m1/s1. The molecule has 3 N–H and O–H groups in total. The molecule has 5 aromatic rings. The minimum absolute atomic E-state index is 0.0435. The van der Waals surface area contributed by atoms with Gasteiger partial charge in [-0.25, -0.2) is 4.79 Å². The Kier molecular flexibility index (Phi) is 13.2. The van der Waals surface area contributed by atoms with E-state index in [-0.39, 0.29) is 32.0 Å². The van der Waals surface area contributed by atoms with Gasteiger partial charge in [0.15, 0.2) is 6.23 Å². The summed E-state index contributed by atoms with van der Waals surface area (Å²) < 4.78 is 69.4. The summed E-state index contributed by atoms with van der Waals surface area (Å²) in [6.07, 6.45) is -8.95. The number of nitrogens with zero attached hydrogens (tertiary/aromatic N) is 2. The number of rotatable bonds is 16. The summed E-state index contributed by atoms with van der Waals surface area (Å²) in [5, 5.41) is 16.1. The summed E-state index contributed by atoms with van der Waals surface area (Å²) in [6.45, 7) is -0.869. The lowest BCUT2D eigenvalue weighted by atomic mass is 9.80. The van der Waals surface area contributed by atoms with Gasteiger partial charge in [-0.2, -0.15) is 18.2 Å². The monoisotopic (exact) mass is 802 g/mol. The van der Waals surface area contributed by atoms with Crippen LogP contribution in [0.2, 0.25) is 0 Å². The summed E-state index contributed by atoms with van der Waals surface area (Å²) in [5.41, 5.74) is 0.328. The van der Waals surface area contributed by atoms with Crippen LogP contribution in [0.15, 0.2) is 126 Å². The molecular formula is C42H41F3N4O9. The molecule has 2 amide bonds. The number of hydrogen-bond acceptors (Lipinski definition) is 10. The quantitative estimate of drug-likeness (QED) is 0.0891. The molecule has 4 aromatic carbocycles. The summed E-state index contributed by atoms with van der Waals surface area (Å²) >= 11 is 0. The van der Waals surface area contributed by atoms with Crippen molar-refractivity contribution in [2.45, 2.75) is 42.7 Å². The van der Waals surface area contributed by atoms with Crippen LogP contribution in [-0.2, 0) is 24.6 Å². The molecule has 1 unspecified atom stereocenters. The van der Waals surface area contributed by atoms with Gasteiger partial charge in [0.05, 0.1) is 20.8 Å². The second-order valence-electron chi connectivity index (χ2n) is 13.1. The van der Waals surface area contributed by atoms with Gasteiger partial charge >= 0.3 is 17.8 Å². The summed E-state index contributed by atoms with van der Waals surface area (Å²) in [7, 11) is 3.11. The van der Waals surface area contributed by atoms with Gasteiger partial charge in [0.2, 0.25) is 0 Å². The van der Waals surface area contributed by atoms with Gasteiger partial charge in [-0.05, 0) is 65.6 Å². The number of alkyl halides is 3. The molecule has 4 atom stereocenters. The van der Waals surface area contributed by atoms with Crippen LogP contribution in [0.5, 0.6) is 11.5 Å². The van der Waals surface area contributed by atoms with Gasteiger partial charge < -0.3 is 39.4 Å². The first-order valence-electron chi connectivity index (χ1n) is 18.2. The predicted octanol–water partition coefficient (Wildman–Crippen LogP) is 5.23. The fourth-order valence-corrected chi connectivity index (χ4v) is 6.59. The third-order valence-corrected chi connectivity index (χ3v) is 9.51. The molecule has 0 spiro atoms. The van der Waals surface area contributed by atoms with Crippen LogP contribution in [0.3, 0.4) is 0 Å². The summed E-state index contributed by atoms with van der Waals surface area (Å²) in [4.78, 5) is 41.6. The molecule has 58 heavy (non-hydrogen) atoms. The molecule has 0 bridgehead atoms. The molecule has 304 valence electrons. The average molecular weight is 803 g/mol. The molecule has 1 aliphatic heterocycles. The lowest BCUT2D eigenvalue weighted by Crippen LogP contribution is -2.41. The lowest BCUT2D eigenvalue weighted by Gasteiger charge is -2.37. The smallest absolute Gasteiger partial charge is 0.471 e. The van der Waals surface area contributed by atoms with Crippen LogP contribution >= 0.6 is 0 Å². The highest BCUT2D eigenvalue weighted by atomic mass is 19.4. The lowest BCUT2D eigenvalue weighted by molar-refractivity contribution is -0.173. The van der Waals surface area contributed by atoms with Crippen LogP contribution in [0.1, 0.15) is 39.7 Å². The number of nitrogens with one attached hydrogen (secondary N) is 2. The average Bonchev–Trinajstić information content (AvgIpc) is 3.55. The van der Waals surface area contributed by atoms with Gasteiger partial charge in [0, 0.05) is 24.9 Å². The van der Waals surface area contributed by atoms with Crippen molar-refractivity contribution in [3.63, 3.8) is 0 Å². The first-order valence-corrected chi connectivity index (χ1v) is 18.2. The Morgan fingerprint density at radius 1 is 0.828 bits per heavy atom. The normalized spacial score (nSPS) is 18.0. The maximum absolute atomic E-state index is 13.5. The number of benzene rings is 4. The highest BCUT2D eigenvalue weighted by molar-refractivity contribution is 6.03. The van der Waals surface area contributed by atoms with Gasteiger partial charge in [-0.1, -0.05) is 72.8 Å². The fraction of sp³-hybridized carbons (Fsp3) is 0.286. The van der Waals surface area contributed by atoms with E-state index in [0.29, 0.717) is 28.2 Å². The Balaban J connectivity index is 1.31. The van der Waals surface area contributed by atoms with Crippen LogP contribution in [0.4, 0.5) is 19.0 Å². The molecule has 0 aliphatic carbocycles. The van der Waals surface area contributed by atoms with Gasteiger partial charge in [0.1, 0.15) is 41.2 Å². The van der Waals surface area contributed by atoms with Crippen molar-refractivity contribution >= 4 is 17.6 Å². The number of aliphatic hydroxyl groups excluding tert-OH is 1. The molecule has 1 saturated heterocycles. The zero-order chi connectivity index (χ0) is 41.3. The van der Waals surface area contributed by atoms with E-state index in [1.807, 2.05) is 54.6 Å². The largest absolute Gasteiger partial charge is 0.497 e. The second kappa shape index (κ2) is 18.5. The minimum Gasteiger partial charge on any atom is -0.497 e. The molecule has 2 heterocycles. The van der Waals surface area contributed by atoms with Crippen molar-refractivity contribution in [1.29, 1.82) is 0 Å². The van der Waals surface area contributed by atoms with Crippen LogP contribution in [0.25, 0.3) is 0 Å². The van der Waals surface area contributed by atoms with Crippen LogP contribution < -0.4 is 25.8 Å². The fourth-order valence-electron chi connectivity index (χ4n) is 6.59. The number of carbonyl (C=O) groups is 2. The summed E-state index contributed by atoms with van der Waals surface area (Å²) in [6, 6.07) is 33.7. The maximum atomic E-state index is 13.5. The Morgan fingerprint density at radius 3 is 1.95 bits per heavy atom. The molecule has 13 nitrogen and oxygen atoms in total. The van der Waals surface area contributed by atoms with Crippen molar-refractivity contribution in [3.8, 4) is 11.5 Å². The number of halogens is 3. The number of anilines is 1. The van der Waals surface area contributed by atoms with E-state index in [1.54, 1.807) is 74.1 Å². The molecule has 1 fully saturated rings. The van der Waals surface area contributed by atoms with Crippen molar-refractivity contribution in [1.82, 2.24) is 14.9 Å². The van der Waals surface area contributed by atoms with Crippen LogP contribution in [-0.4, -0.2) is 84.9 Å². The minimum atomic E-state index is -5.05. The predicted molar refractivity (Wildman–Crippen MR) is 204 cm³/mol. The van der Waals surface area contributed by atoms with Crippen molar-refractivity contribution in [3.05, 3.63) is 154 Å². The Bertz CT molecular complexity index is 2140. The first-order chi connectivity index (χ1) is 27.9. The van der Waals surface area contributed by atoms with Crippen molar-refractivity contribution in [2.24, 2.45) is 0 Å². The van der Waals surface area contributed by atoms with Crippen LogP contribution in [0, 0.1) is 0 Å². The van der Waals surface area contributed by atoms with E-state index in [9.17, 15) is 32.7 Å². The van der Waals surface area contributed by atoms with Gasteiger partial charge in [-0.15, -0.1) is 0 Å². The van der Waals surface area contributed by atoms with E-state index in [4.69, 9.17) is 23.7 Å². The SMILES string of the molecule is COc1ccc(C(OC[C@H]2O[C@@H](n3ccc(NC(=O)c4ccccc4)nc3=O)C(OCCCNC(=O)C(F)(F)F)[C@H]2O)(c2ccccc2)c2ccc(OC)cc2)cc1. The van der Waals surface area contributed by atoms with Crippen molar-refractivity contribution < 1.29 is 51.6 Å². The molecular weight excluding hydrogens is 761 g/mol. The molecule has 16 heteroatoms. The van der Waals surface area contributed by atoms with E-state index in [0.717, 1.165) is 10.1 Å². The van der Waals surface area contributed by atoms with E-state index >= 15 is 0 Å². The number of ether oxygens (including phenoxy) is 5. The Labute approximate surface area is 331 Å². The highest BCUT2D eigenvalue weighted by Gasteiger charge is 2.48. The Hall–Kier alpha value is -6.07. The molecule has 0 radical (unpaired) electrons. The summed E-state index contributed by atoms with van der Waals surface area (Å²) in [5.74, 6) is -1.41. The van der Waals surface area contributed by atoms with E-state index in [1.165, 1.54) is 12.3 Å². The number of aliphatic hydroxyl groups is 1. The number of aromatic nitrogens is 2. The zero-order valence-corrected chi connectivity index (χ0v) is 31.4. The molecule has 6 rings (SSSR count). The van der Waals surface area contributed by atoms with Crippen molar-refractivity contribution in [2.75, 3.05) is 39.3 Å². The number of methoxy groups -OCH3 is 2. The molecule has 1 aliphatic rings. The topological polar surface area (TPSA) is 159 Å². The maximum Gasteiger partial charge on any atom is 0.471 e. The van der Waals surface area contributed by atoms with E-state index in [2.05, 4.69) is 10.3 Å². The third-order valence-electron chi connectivity index (χ3n) is 9.51. The van der Waals surface area contributed by atoms with Gasteiger partial charge in [-0.3, -0.25) is 14.2 Å².